The molecule has 1 heterocycles. The first-order valence-electron chi connectivity index (χ1n) is 34.1. The van der Waals surface area contributed by atoms with Crippen molar-refractivity contribution in [3.63, 3.8) is 0 Å². The molecule has 7 atom stereocenters. The first-order valence-corrected chi connectivity index (χ1v) is 34.1. The van der Waals surface area contributed by atoms with E-state index < -0.39 is 49.5 Å². The minimum Gasteiger partial charge on any atom is -0.394 e. The zero-order valence-corrected chi connectivity index (χ0v) is 52.1. The van der Waals surface area contributed by atoms with E-state index in [2.05, 4.69) is 92.1 Å². The van der Waals surface area contributed by atoms with E-state index in [1.807, 2.05) is 0 Å². The molecule has 0 radical (unpaired) electrons. The van der Waals surface area contributed by atoms with Crippen molar-refractivity contribution < 1.29 is 39.8 Å². The third kappa shape index (κ3) is 48.0. The van der Waals surface area contributed by atoms with Gasteiger partial charge in [-0.3, -0.25) is 4.79 Å². The molecule has 1 aliphatic rings. The number of amides is 1. The van der Waals surface area contributed by atoms with Crippen LogP contribution in [0.3, 0.4) is 0 Å². The van der Waals surface area contributed by atoms with E-state index in [4.69, 9.17) is 9.47 Å². The van der Waals surface area contributed by atoms with Gasteiger partial charge in [-0.1, -0.05) is 318 Å². The molecule has 6 N–H and O–H groups in total. The van der Waals surface area contributed by atoms with E-state index in [1.54, 1.807) is 0 Å². The minimum absolute atomic E-state index is 0.137. The van der Waals surface area contributed by atoms with Crippen molar-refractivity contribution in [2.45, 2.75) is 358 Å². The third-order valence-electron chi connectivity index (χ3n) is 16.1. The Morgan fingerprint density at radius 3 is 1.15 bits per heavy atom. The second-order valence-corrected chi connectivity index (χ2v) is 23.6. The second-order valence-electron chi connectivity index (χ2n) is 23.6. The highest BCUT2D eigenvalue weighted by Gasteiger charge is 2.44. The highest BCUT2D eigenvalue weighted by atomic mass is 16.7. The average Bonchev–Trinajstić information content (AvgIpc) is 3.46. The number of aliphatic hydroxyl groups excluding tert-OH is 5. The number of allylic oxidation sites excluding steroid dienone is 12. The summed E-state index contributed by atoms with van der Waals surface area (Å²) in [5.74, 6) is -0.141. The SMILES string of the molecule is CC/C=C\C/C=C\C/C=C\C/C=C\C/C=C\C/C=C\CCCCCCCCCCCCCCCCCCC(=O)NC(COC1OC(CO)C(O)C(O)C1O)C(O)CCCCCCCCCCCCCCCCCCCCCCCC. The first kappa shape index (κ1) is 75.6. The van der Waals surface area contributed by atoms with Crippen LogP contribution in [-0.4, -0.2) is 87.5 Å². The fourth-order valence-electron chi connectivity index (χ4n) is 10.8. The van der Waals surface area contributed by atoms with E-state index in [-0.39, 0.29) is 12.5 Å². The number of hydrogen-bond acceptors (Lipinski definition) is 8. The van der Waals surface area contributed by atoms with Crippen molar-refractivity contribution in [3.8, 4) is 0 Å². The summed E-state index contributed by atoms with van der Waals surface area (Å²) >= 11 is 0. The number of unbranched alkanes of at least 4 members (excludes halogenated alkanes) is 37. The van der Waals surface area contributed by atoms with Gasteiger partial charge in [0.25, 0.3) is 0 Å². The van der Waals surface area contributed by atoms with Gasteiger partial charge in [0, 0.05) is 6.42 Å². The van der Waals surface area contributed by atoms with Crippen LogP contribution < -0.4 is 5.32 Å². The van der Waals surface area contributed by atoms with Gasteiger partial charge < -0.3 is 40.3 Å². The molecule has 466 valence electrons. The van der Waals surface area contributed by atoms with Crippen molar-refractivity contribution in [3.05, 3.63) is 72.9 Å². The van der Waals surface area contributed by atoms with E-state index in [0.717, 1.165) is 77.0 Å². The van der Waals surface area contributed by atoms with E-state index in [1.165, 1.54) is 212 Å². The van der Waals surface area contributed by atoms with Crippen LogP contribution in [0.15, 0.2) is 72.9 Å². The van der Waals surface area contributed by atoms with E-state index in [9.17, 15) is 30.3 Å². The molecule has 0 bridgehead atoms. The summed E-state index contributed by atoms with van der Waals surface area (Å²) in [4.78, 5) is 13.1. The van der Waals surface area contributed by atoms with Crippen LogP contribution in [0.5, 0.6) is 0 Å². The van der Waals surface area contributed by atoms with Crippen LogP contribution in [0, 0.1) is 0 Å². The number of carbonyl (C=O) groups is 1. The highest BCUT2D eigenvalue weighted by Crippen LogP contribution is 2.24. The number of hydrogen-bond donors (Lipinski definition) is 6. The van der Waals surface area contributed by atoms with Crippen LogP contribution in [0.2, 0.25) is 0 Å². The molecule has 0 spiro atoms. The molecule has 1 rings (SSSR count). The third-order valence-corrected chi connectivity index (χ3v) is 16.1. The average molecular weight is 1120 g/mol. The molecule has 9 nitrogen and oxygen atoms in total. The van der Waals surface area contributed by atoms with Crippen LogP contribution in [0.1, 0.15) is 316 Å². The Labute approximate surface area is 493 Å². The maximum absolute atomic E-state index is 13.1. The Balaban J connectivity index is 2.11. The lowest BCUT2D eigenvalue weighted by Gasteiger charge is -2.40. The van der Waals surface area contributed by atoms with Gasteiger partial charge in [0.15, 0.2) is 6.29 Å². The molecule has 0 saturated carbocycles. The summed E-state index contributed by atoms with van der Waals surface area (Å²) in [7, 11) is 0. The summed E-state index contributed by atoms with van der Waals surface area (Å²) < 4.78 is 11.4. The summed E-state index contributed by atoms with van der Waals surface area (Å²) in [5.41, 5.74) is 0. The lowest BCUT2D eigenvalue weighted by atomic mass is 9.99. The van der Waals surface area contributed by atoms with Gasteiger partial charge in [-0.25, -0.2) is 0 Å². The lowest BCUT2D eigenvalue weighted by molar-refractivity contribution is -0.302. The van der Waals surface area contributed by atoms with Gasteiger partial charge in [-0.15, -0.1) is 0 Å². The maximum Gasteiger partial charge on any atom is 0.220 e. The molecule has 1 aliphatic heterocycles. The molecule has 7 unspecified atom stereocenters. The lowest BCUT2D eigenvalue weighted by Crippen LogP contribution is -2.60. The Kier molecular flexibility index (Phi) is 56.5. The smallest absolute Gasteiger partial charge is 0.220 e. The van der Waals surface area contributed by atoms with Crippen LogP contribution >= 0.6 is 0 Å². The molecule has 0 aromatic heterocycles. The summed E-state index contributed by atoms with van der Waals surface area (Å²) in [6.07, 6.45) is 76.7. The number of rotatable bonds is 59. The fourth-order valence-corrected chi connectivity index (χ4v) is 10.8. The predicted molar refractivity (Wildman–Crippen MR) is 341 cm³/mol. The molecule has 9 heteroatoms. The zero-order chi connectivity index (χ0) is 57.9. The number of aliphatic hydroxyl groups is 5. The van der Waals surface area contributed by atoms with E-state index >= 15 is 0 Å². The molecule has 0 aromatic carbocycles. The number of nitrogens with one attached hydrogen (secondary N) is 1. The van der Waals surface area contributed by atoms with Crippen molar-refractivity contribution in [2.24, 2.45) is 0 Å². The molecule has 1 fully saturated rings. The number of carbonyl (C=O) groups excluding carboxylic acids is 1. The van der Waals surface area contributed by atoms with Gasteiger partial charge in [-0.2, -0.15) is 0 Å². The fraction of sp³-hybridized carbons (Fsp3) is 0.817. The molecule has 1 amide bonds. The topological polar surface area (TPSA) is 149 Å². The highest BCUT2D eigenvalue weighted by molar-refractivity contribution is 5.76. The van der Waals surface area contributed by atoms with Crippen LogP contribution in [0.4, 0.5) is 0 Å². The first-order chi connectivity index (χ1) is 39.3. The Morgan fingerprint density at radius 1 is 0.438 bits per heavy atom. The Morgan fingerprint density at radius 2 is 0.775 bits per heavy atom. The van der Waals surface area contributed by atoms with Gasteiger partial charge in [0.1, 0.15) is 24.4 Å². The molecule has 0 aliphatic carbocycles. The second kappa shape index (κ2) is 59.8. The molecular formula is C71H129NO8. The summed E-state index contributed by atoms with van der Waals surface area (Å²) in [5, 5.41) is 54.9. The van der Waals surface area contributed by atoms with Crippen LogP contribution in [0.25, 0.3) is 0 Å². The Bertz CT molecular complexity index is 1490. The van der Waals surface area contributed by atoms with Crippen LogP contribution in [-0.2, 0) is 14.3 Å². The minimum atomic E-state index is -1.56. The van der Waals surface area contributed by atoms with Gasteiger partial charge >= 0.3 is 0 Å². The van der Waals surface area contributed by atoms with Gasteiger partial charge in [0.05, 0.1) is 25.4 Å². The predicted octanol–water partition coefficient (Wildman–Crippen LogP) is 18.4. The molecular weight excluding hydrogens is 995 g/mol. The van der Waals surface area contributed by atoms with Crippen molar-refractivity contribution in [2.75, 3.05) is 13.2 Å². The summed E-state index contributed by atoms with van der Waals surface area (Å²) in [6.45, 7) is 3.76. The monoisotopic (exact) mass is 1120 g/mol. The Hall–Kier alpha value is -2.37. The van der Waals surface area contributed by atoms with Gasteiger partial charge in [-0.05, 0) is 64.2 Å². The van der Waals surface area contributed by atoms with Gasteiger partial charge in [0.2, 0.25) is 5.91 Å². The van der Waals surface area contributed by atoms with Crippen molar-refractivity contribution in [1.29, 1.82) is 0 Å². The summed E-state index contributed by atoms with van der Waals surface area (Å²) in [6, 6.07) is -0.722. The largest absolute Gasteiger partial charge is 0.394 e. The molecule has 0 aromatic rings. The maximum atomic E-state index is 13.1. The molecule has 80 heavy (non-hydrogen) atoms. The van der Waals surface area contributed by atoms with E-state index in [0.29, 0.717) is 12.8 Å². The quantitative estimate of drug-likeness (QED) is 0.0261. The number of ether oxygens (including phenoxy) is 2. The normalized spacial score (nSPS) is 18.9. The standard InChI is InChI=1S/C71H129NO8/c1-3-5-7-9-11-13-15-17-19-21-23-25-27-28-29-30-31-32-33-34-35-36-37-38-39-41-43-45-47-49-51-53-55-57-59-61-67(75)72-64(63-79-71-70(78)69(77)68(76)66(62-73)80-71)65(74)60-58-56-54-52-50-48-46-44-42-40-26-24-22-20-18-16-14-12-10-8-6-4-2/h5,7,11,13,17,19,23,25,28-29,31-32,64-66,68-71,73-74,76-78H,3-4,6,8-10,12,14-16,18,20-22,24,26-27,30,33-63H2,1-2H3,(H,72,75)/b7-5-,13-11-,19-17-,25-23-,29-28-,32-31-. The molecule has 1 saturated heterocycles. The van der Waals surface area contributed by atoms with Crippen molar-refractivity contribution >= 4 is 5.91 Å². The van der Waals surface area contributed by atoms with Crippen molar-refractivity contribution in [1.82, 2.24) is 5.32 Å². The zero-order valence-electron chi connectivity index (χ0n) is 52.1.